The highest BCUT2D eigenvalue weighted by atomic mass is 15.2. The summed E-state index contributed by atoms with van der Waals surface area (Å²) in [5.74, 6) is 0.305. The summed E-state index contributed by atoms with van der Waals surface area (Å²) >= 11 is 0. The molecule has 272 valence electrons. The molecule has 0 radical (unpaired) electrons. The van der Waals surface area contributed by atoms with Crippen LogP contribution >= 0.6 is 0 Å². The third kappa shape index (κ3) is 5.55. The van der Waals surface area contributed by atoms with Gasteiger partial charge in [0.15, 0.2) is 0 Å². The van der Waals surface area contributed by atoms with Crippen LogP contribution in [0.2, 0.25) is 0 Å². The standard InChI is InChI=1S/C54H46N2/c1-53(2)47-21-13-14-22-51(47)56(44-27-24-38-15-11-12-16-39(38)34-44)52-30-26-41(36-50(52)53)40-25-29-46-45-28-23-37(33-48(45)54(3,4)49(46)35-40)31-32-55(42-17-7-5-8-18-42)43-19-9-6-10-20-43/h5-24,26-36,40H,25H2,1-4H3/b32-31+. The third-order valence-corrected chi connectivity index (χ3v) is 12.6. The van der Waals surface area contributed by atoms with Gasteiger partial charge in [-0.3, -0.25) is 0 Å². The highest BCUT2D eigenvalue weighted by Gasteiger charge is 2.41. The molecule has 0 saturated carbocycles. The first-order chi connectivity index (χ1) is 27.3. The van der Waals surface area contributed by atoms with Gasteiger partial charge in [0.25, 0.3) is 0 Å². The molecule has 1 heterocycles. The molecule has 0 amide bonds. The van der Waals surface area contributed by atoms with E-state index in [0.29, 0.717) is 5.92 Å². The Morgan fingerprint density at radius 2 is 1.25 bits per heavy atom. The maximum Gasteiger partial charge on any atom is 0.0502 e. The molecule has 0 saturated heterocycles. The molecular weight excluding hydrogens is 677 g/mol. The van der Waals surface area contributed by atoms with Crippen molar-refractivity contribution in [3.8, 4) is 0 Å². The number of benzene rings is 7. The Balaban J connectivity index is 0.991. The van der Waals surface area contributed by atoms with E-state index in [-0.39, 0.29) is 10.8 Å². The van der Waals surface area contributed by atoms with Gasteiger partial charge in [0, 0.05) is 40.0 Å². The van der Waals surface area contributed by atoms with Crippen LogP contribution in [-0.2, 0) is 10.8 Å². The molecule has 0 N–H and O–H groups in total. The number of rotatable bonds is 6. The third-order valence-electron chi connectivity index (χ3n) is 12.6. The smallest absolute Gasteiger partial charge is 0.0502 e. The number of nitrogens with zero attached hydrogens (tertiary/aromatic N) is 2. The number of anilines is 5. The van der Waals surface area contributed by atoms with Gasteiger partial charge < -0.3 is 9.80 Å². The van der Waals surface area contributed by atoms with Crippen LogP contribution in [0.5, 0.6) is 0 Å². The van der Waals surface area contributed by atoms with Gasteiger partial charge in [-0.15, -0.1) is 0 Å². The molecule has 2 nitrogen and oxygen atoms in total. The Bertz CT molecular complexity index is 2690. The maximum absolute atomic E-state index is 2.59. The molecule has 1 atom stereocenters. The summed E-state index contributed by atoms with van der Waals surface area (Å²) in [6.07, 6.45) is 10.5. The second-order valence-corrected chi connectivity index (χ2v) is 16.6. The number of fused-ring (bicyclic) bond motifs is 6. The van der Waals surface area contributed by atoms with E-state index < -0.39 is 0 Å². The Morgan fingerprint density at radius 1 is 0.571 bits per heavy atom. The molecule has 0 fully saturated rings. The first kappa shape index (κ1) is 34.1. The van der Waals surface area contributed by atoms with Crippen LogP contribution in [0.1, 0.15) is 73.4 Å². The molecule has 0 bridgehead atoms. The molecule has 0 aromatic heterocycles. The van der Waals surface area contributed by atoms with Crippen LogP contribution in [0.15, 0.2) is 188 Å². The van der Waals surface area contributed by atoms with Gasteiger partial charge in [-0.05, 0) is 116 Å². The molecule has 1 unspecified atom stereocenters. The molecule has 7 aromatic rings. The van der Waals surface area contributed by atoms with Gasteiger partial charge in [-0.2, -0.15) is 0 Å². The molecule has 7 aromatic carbocycles. The molecule has 0 spiro atoms. The summed E-state index contributed by atoms with van der Waals surface area (Å²) in [5.41, 5.74) is 16.7. The number of hydrogen-bond donors (Lipinski definition) is 0. The summed E-state index contributed by atoms with van der Waals surface area (Å²) in [7, 11) is 0. The molecule has 56 heavy (non-hydrogen) atoms. The zero-order valence-corrected chi connectivity index (χ0v) is 32.6. The topological polar surface area (TPSA) is 6.48 Å². The normalized spacial score (nSPS) is 17.4. The van der Waals surface area contributed by atoms with Crippen molar-refractivity contribution in [3.05, 3.63) is 221 Å². The molecule has 2 aliphatic carbocycles. The second kappa shape index (κ2) is 13.1. The lowest BCUT2D eigenvalue weighted by Crippen LogP contribution is -2.30. The Kier molecular flexibility index (Phi) is 8.01. The molecular formula is C54H46N2. The van der Waals surface area contributed by atoms with Crippen LogP contribution in [0, 0.1) is 0 Å². The van der Waals surface area contributed by atoms with Crippen molar-refractivity contribution >= 4 is 50.9 Å². The van der Waals surface area contributed by atoms with Gasteiger partial charge in [0.05, 0.1) is 11.4 Å². The lowest BCUT2D eigenvalue weighted by Gasteiger charge is -2.42. The van der Waals surface area contributed by atoms with Crippen molar-refractivity contribution in [1.82, 2.24) is 0 Å². The van der Waals surface area contributed by atoms with E-state index in [1.54, 1.807) is 0 Å². The summed E-state index contributed by atoms with van der Waals surface area (Å²) < 4.78 is 0. The van der Waals surface area contributed by atoms with Crippen molar-refractivity contribution < 1.29 is 0 Å². The molecule has 2 heteroatoms. The number of hydrogen-bond acceptors (Lipinski definition) is 2. The molecule has 3 aliphatic rings. The van der Waals surface area contributed by atoms with Crippen molar-refractivity contribution in [1.29, 1.82) is 0 Å². The molecule has 10 rings (SSSR count). The van der Waals surface area contributed by atoms with E-state index in [0.717, 1.165) is 17.8 Å². The quantitative estimate of drug-likeness (QED) is 0.169. The zero-order chi connectivity index (χ0) is 38.0. The fourth-order valence-electron chi connectivity index (χ4n) is 9.51. The maximum atomic E-state index is 2.59. The second-order valence-electron chi connectivity index (χ2n) is 16.6. The summed E-state index contributed by atoms with van der Waals surface area (Å²) in [6, 6.07) is 60.0. The minimum absolute atomic E-state index is 0.110. The van der Waals surface area contributed by atoms with Gasteiger partial charge in [0.1, 0.15) is 0 Å². The van der Waals surface area contributed by atoms with Crippen LogP contribution in [0.25, 0.3) is 22.4 Å². The van der Waals surface area contributed by atoms with Crippen molar-refractivity contribution in [2.45, 2.75) is 50.9 Å². The van der Waals surface area contributed by atoms with Gasteiger partial charge in [0.2, 0.25) is 0 Å². The van der Waals surface area contributed by atoms with Crippen LogP contribution < -0.4 is 9.80 Å². The lowest BCUT2D eigenvalue weighted by molar-refractivity contribution is 0.628. The summed E-state index contributed by atoms with van der Waals surface area (Å²) in [4.78, 5) is 4.73. The number of para-hydroxylation sites is 3. The monoisotopic (exact) mass is 722 g/mol. The first-order valence-electron chi connectivity index (χ1n) is 20.0. The Hall–Kier alpha value is -6.38. The lowest BCUT2D eigenvalue weighted by atomic mass is 9.71. The highest BCUT2D eigenvalue weighted by Crippen LogP contribution is 2.55. The summed E-state index contributed by atoms with van der Waals surface area (Å²) in [5, 5.41) is 2.52. The van der Waals surface area contributed by atoms with Crippen molar-refractivity contribution in [2.24, 2.45) is 0 Å². The van der Waals surface area contributed by atoms with Crippen LogP contribution in [-0.4, -0.2) is 0 Å². The predicted octanol–water partition coefficient (Wildman–Crippen LogP) is 14.5. The SMILES string of the molecule is CC1(C)C2=CC(c3ccc4c(c3)C(C)(C)c3ccccc3N4c3ccc4ccccc4c3)CC=C2c2ccc(/C=C/N(c3ccccc3)c3ccccc3)cc21. The number of allylic oxidation sites excluding steroid dienone is 4. The first-order valence-corrected chi connectivity index (χ1v) is 20.0. The fraction of sp³-hybridized carbons (Fsp3) is 0.148. The highest BCUT2D eigenvalue weighted by molar-refractivity contribution is 5.93. The van der Waals surface area contributed by atoms with Crippen LogP contribution in [0.3, 0.4) is 0 Å². The Morgan fingerprint density at radius 3 is 2.02 bits per heavy atom. The van der Waals surface area contributed by atoms with Gasteiger partial charge in [-0.1, -0.05) is 155 Å². The van der Waals surface area contributed by atoms with Crippen molar-refractivity contribution in [3.63, 3.8) is 0 Å². The predicted molar refractivity (Wildman–Crippen MR) is 238 cm³/mol. The average Bonchev–Trinajstić information content (AvgIpc) is 3.46. The van der Waals surface area contributed by atoms with Crippen LogP contribution in [0.4, 0.5) is 28.4 Å². The van der Waals surface area contributed by atoms with E-state index in [9.17, 15) is 0 Å². The zero-order valence-electron chi connectivity index (χ0n) is 32.6. The van der Waals surface area contributed by atoms with Gasteiger partial charge in [-0.25, -0.2) is 0 Å². The Labute approximate surface area is 331 Å². The van der Waals surface area contributed by atoms with E-state index in [4.69, 9.17) is 0 Å². The van der Waals surface area contributed by atoms with E-state index >= 15 is 0 Å². The van der Waals surface area contributed by atoms with E-state index in [2.05, 4.69) is 226 Å². The largest absolute Gasteiger partial charge is 0.317 e. The minimum Gasteiger partial charge on any atom is -0.317 e. The fourth-order valence-corrected chi connectivity index (χ4v) is 9.51. The van der Waals surface area contributed by atoms with E-state index in [1.165, 1.54) is 72.4 Å². The minimum atomic E-state index is -0.151. The average molecular weight is 723 g/mol. The summed E-state index contributed by atoms with van der Waals surface area (Å²) in [6.45, 7) is 9.60. The van der Waals surface area contributed by atoms with E-state index in [1.807, 2.05) is 0 Å². The molecule has 1 aliphatic heterocycles. The van der Waals surface area contributed by atoms with Crippen molar-refractivity contribution in [2.75, 3.05) is 9.80 Å². The van der Waals surface area contributed by atoms with Gasteiger partial charge >= 0.3 is 0 Å².